The molecule has 0 radical (unpaired) electrons. The molecule has 2 heterocycles. The number of nitrogens with zero attached hydrogens (tertiary/aromatic N) is 4. The first-order chi connectivity index (χ1) is 12.3. The van der Waals surface area contributed by atoms with Crippen molar-refractivity contribution >= 4 is 33.9 Å². The normalized spacial score (nSPS) is 11.0. The summed E-state index contributed by atoms with van der Waals surface area (Å²) in [6.45, 7) is 3.69. The van der Waals surface area contributed by atoms with Crippen LogP contribution < -0.4 is 5.32 Å². The van der Waals surface area contributed by atoms with E-state index in [9.17, 15) is 0 Å². The number of ether oxygens (including phenoxy) is 1. The molecule has 1 aromatic carbocycles. The van der Waals surface area contributed by atoms with E-state index in [0.29, 0.717) is 0 Å². The molecule has 2 aromatic heterocycles. The van der Waals surface area contributed by atoms with Gasteiger partial charge in [0.15, 0.2) is 10.3 Å². The van der Waals surface area contributed by atoms with Gasteiger partial charge in [-0.25, -0.2) is 4.98 Å². The SMILES string of the molecule is COCCCn1cnnc1SCc1csc(Nc2ccccc2C)n1. The minimum absolute atomic E-state index is 0.738. The summed E-state index contributed by atoms with van der Waals surface area (Å²) in [4.78, 5) is 4.66. The van der Waals surface area contributed by atoms with Crippen molar-refractivity contribution in [3.05, 3.63) is 47.2 Å². The highest BCUT2D eigenvalue weighted by atomic mass is 32.2. The third-order valence-electron chi connectivity index (χ3n) is 3.62. The van der Waals surface area contributed by atoms with E-state index in [-0.39, 0.29) is 0 Å². The Hall–Kier alpha value is -1.90. The Morgan fingerprint density at radius 3 is 3.04 bits per heavy atom. The number of aryl methyl sites for hydroxylation is 2. The summed E-state index contributed by atoms with van der Waals surface area (Å²) in [5.74, 6) is 0.773. The lowest BCUT2D eigenvalue weighted by Gasteiger charge is -2.06. The van der Waals surface area contributed by atoms with Gasteiger partial charge in [-0.15, -0.1) is 21.5 Å². The monoisotopic (exact) mass is 375 g/mol. The molecule has 8 heteroatoms. The highest BCUT2D eigenvalue weighted by Gasteiger charge is 2.08. The fourth-order valence-corrected chi connectivity index (χ4v) is 3.95. The summed E-state index contributed by atoms with van der Waals surface area (Å²) in [5.41, 5.74) is 3.34. The summed E-state index contributed by atoms with van der Waals surface area (Å²) >= 11 is 3.27. The molecule has 0 aliphatic rings. The maximum absolute atomic E-state index is 5.09. The van der Waals surface area contributed by atoms with Crippen LogP contribution in [0.2, 0.25) is 0 Å². The minimum Gasteiger partial charge on any atom is -0.385 e. The Balaban J connectivity index is 1.56. The predicted octanol–water partition coefficient (Wildman–Crippen LogP) is 4.12. The zero-order chi connectivity index (χ0) is 17.5. The molecule has 0 saturated heterocycles. The molecule has 0 fully saturated rings. The first-order valence-electron chi connectivity index (χ1n) is 8.03. The molecule has 3 aromatic rings. The number of hydrogen-bond donors (Lipinski definition) is 1. The molecule has 1 N–H and O–H groups in total. The Bertz CT molecular complexity index is 802. The van der Waals surface area contributed by atoms with Gasteiger partial charge in [-0.05, 0) is 25.0 Å². The smallest absolute Gasteiger partial charge is 0.191 e. The number of methoxy groups -OCH3 is 1. The number of anilines is 2. The fraction of sp³-hybridized carbons (Fsp3) is 0.353. The van der Waals surface area contributed by atoms with Crippen LogP contribution in [0.3, 0.4) is 0 Å². The second kappa shape index (κ2) is 8.98. The zero-order valence-corrected chi connectivity index (χ0v) is 15.9. The second-order valence-corrected chi connectivity index (χ2v) is 7.33. The number of aromatic nitrogens is 4. The van der Waals surface area contributed by atoms with Crippen molar-refractivity contribution in [2.45, 2.75) is 30.8 Å². The molecular formula is C17H21N5OS2. The molecule has 0 aliphatic heterocycles. The van der Waals surface area contributed by atoms with Gasteiger partial charge in [0.05, 0.1) is 5.69 Å². The molecule has 0 atom stereocenters. The summed E-state index contributed by atoms with van der Waals surface area (Å²) < 4.78 is 7.15. The maximum atomic E-state index is 5.09. The van der Waals surface area contributed by atoms with Gasteiger partial charge in [-0.1, -0.05) is 30.0 Å². The van der Waals surface area contributed by atoms with Crippen molar-refractivity contribution in [3.8, 4) is 0 Å². The Morgan fingerprint density at radius 2 is 2.20 bits per heavy atom. The van der Waals surface area contributed by atoms with E-state index in [2.05, 4.69) is 49.5 Å². The lowest BCUT2D eigenvalue weighted by Crippen LogP contribution is -2.02. The fourth-order valence-electron chi connectivity index (χ4n) is 2.29. The van der Waals surface area contributed by atoms with E-state index in [0.717, 1.165) is 47.0 Å². The first kappa shape index (κ1) is 17.9. The number of nitrogens with one attached hydrogen (secondary N) is 1. The molecule has 132 valence electrons. The van der Waals surface area contributed by atoms with Gasteiger partial charge >= 0.3 is 0 Å². The quantitative estimate of drug-likeness (QED) is 0.448. The number of thioether (sulfide) groups is 1. The van der Waals surface area contributed by atoms with E-state index in [1.807, 2.05) is 12.1 Å². The molecule has 0 spiro atoms. The number of hydrogen-bond acceptors (Lipinski definition) is 7. The van der Waals surface area contributed by atoms with E-state index in [1.54, 1.807) is 36.5 Å². The van der Waals surface area contributed by atoms with Crippen LogP contribution in [0.1, 0.15) is 17.7 Å². The number of thiazole rings is 1. The van der Waals surface area contributed by atoms with Gasteiger partial charge in [0.1, 0.15) is 6.33 Å². The van der Waals surface area contributed by atoms with Crippen LogP contribution in [-0.4, -0.2) is 33.5 Å². The molecule has 25 heavy (non-hydrogen) atoms. The topological polar surface area (TPSA) is 64.9 Å². The van der Waals surface area contributed by atoms with Crippen molar-refractivity contribution in [2.75, 3.05) is 19.0 Å². The second-order valence-electron chi connectivity index (χ2n) is 5.53. The van der Waals surface area contributed by atoms with Gasteiger partial charge < -0.3 is 14.6 Å². The number of para-hydroxylation sites is 1. The number of rotatable bonds is 9. The zero-order valence-electron chi connectivity index (χ0n) is 14.3. The molecule has 3 rings (SSSR count). The summed E-state index contributed by atoms with van der Waals surface area (Å²) in [6.07, 6.45) is 2.72. The van der Waals surface area contributed by atoms with Crippen molar-refractivity contribution < 1.29 is 4.74 Å². The molecular weight excluding hydrogens is 354 g/mol. The molecule has 0 unspecified atom stereocenters. The highest BCUT2D eigenvalue weighted by Crippen LogP contribution is 2.26. The van der Waals surface area contributed by atoms with E-state index in [1.165, 1.54) is 5.56 Å². The average Bonchev–Trinajstić information content (AvgIpc) is 3.25. The van der Waals surface area contributed by atoms with Gasteiger partial charge in [-0.2, -0.15) is 0 Å². The van der Waals surface area contributed by atoms with Gasteiger partial charge in [-0.3, -0.25) is 0 Å². The van der Waals surface area contributed by atoms with Crippen LogP contribution in [0.5, 0.6) is 0 Å². The molecule has 0 saturated carbocycles. The lowest BCUT2D eigenvalue weighted by molar-refractivity contribution is 0.189. The molecule has 0 aliphatic carbocycles. The molecule has 0 bridgehead atoms. The minimum atomic E-state index is 0.738. The molecule has 0 amide bonds. The Morgan fingerprint density at radius 1 is 1.32 bits per heavy atom. The summed E-state index contributed by atoms with van der Waals surface area (Å²) in [6, 6.07) is 8.21. The standard InChI is InChI=1S/C17H21N5OS2/c1-13-6-3-4-7-15(13)20-16-19-14(10-24-16)11-25-17-21-18-12-22(17)8-5-9-23-2/h3-4,6-7,10,12H,5,8-9,11H2,1-2H3,(H,19,20). The highest BCUT2D eigenvalue weighted by molar-refractivity contribution is 7.98. The number of benzene rings is 1. The summed E-state index contributed by atoms with van der Waals surface area (Å²) in [7, 11) is 1.71. The van der Waals surface area contributed by atoms with Gasteiger partial charge in [0, 0.05) is 37.1 Å². The van der Waals surface area contributed by atoms with Crippen LogP contribution in [0.25, 0.3) is 0 Å². The van der Waals surface area contributed by atoms with Crippen molar-refractivity contribution in [1.29, 1.82) is 0 Å². The van der Waals surface area contributed by atoms with Gasteiger partial charge in [0.25, 0.3) is 0 Å². The third-order valence-corrected chi connectivity index (χ3v) is 5.44. The maximum Gasteiger partial charge on any atom is 0.191 e. The van der Waals surface area contributed by atoms with Crippen LogP contribution in [0, 0.1) is 6.92 Å². The Kier molecular flexibility index (Phi) is 6.43. The van der Waals surface area contributed by atoms with E-state index in [4.69, 9.17) is 4.74 Å². The summed E-state index contributed by atoms with van der Waals surface area (Å²) in [5, 5.41) is 15.5. The van der Waals surface area contributed by atoms with Gasteiger partial charge in [0.2, 0.25) is 0 Å². The molecule has 6 nitrogen and oxygen atoms in total. The largest absolute Gasteiger partial charge is 0.385 e. The average molecular weight is 376 g/mol. The van der Waals surface area contributed by atoms with Crippen molar-refractivity contribution in [3.63, 3.8) is 0 Å². The Labute approximate surface area is 155 Å². The van der Waals surface area contributed by atoms with Crippen LogP contribution in [0.4, 0.5) is 10.8 Å². The van der Waals surface area contributed by atoms with Crippen LogP contribution >= 0.6 is 23.1 Å². The lowest BCUT2D eigenvalue weighted by atomic mass is 10.2. The van der Waals surface area contributed by atoms with Crippen LogP contribution in [0.15, 0.2) is 41.1 Å². The van der Waals surface area contributed by atoms with E-state index >= 15 is 0 Å². The van der Waals surface area contributed by atoms with Crippen molar-refractivity contribution in [1.82, 2.24) is 19.7 Å². The van der Waals surface area contributed by atoms with E-state index < -0.39 is 0 Å². The van der Waals surface area contributed by atoms with Crippen molar-refractivity contribution in [2.24, 2.45) is 0 Å². The first-order valence-corrected chi connectivity index (χ1v) is 9.89. The third kappa shape index (κ3) is 5.04. The predicted molar refractivity (Wildman–Crippen MR) is 103 cm³/mol. The van der Waals surface area contributed by atoms with Crippen LogP contribution in [-0.2, 0) is 17.0 Å².